The Morgan fingerprint density at radius 2 is 1.69 bits per heavy atom. The fourth-order valence-corrected chi connectivity index (χ4v) is 1.77. The van der Waals surface area contributed by atoms with Crippen LogP contribution in [-0.4, -0.2) is 22.2 Å². The summed E-state index contributed by atoms with van der Waals surface area (Å²) in [7, 11) is 0. The van der Waals surface area contributed by atoms with E-state index in [4.69, 9.17) is 10.2 Å². The number of carboxylic acids is 2. The van der Waals surface area contributed by atoms with Gasteiger partial charge in [0.15, 0.2) is 5.41 Å². The number of hydrogen-bond acceptors (Lipinski definition) is 2. The summed E-state index contributed by atoms with van der Waals surface area (Å²) in [5.41, 5.74) is -1.76. The number of allylic oxidation sites excluding steroid dienone is 3. The van der Waals surface area contributed by atoms with Gasteiger partial charge in [-0.3, -0.25) is 9.59 Å². The molecule has 4 nitrogen and oxygen atoms in total. The highest BCUT2D eigenvalue weighted by atomic mass is 16.4. The standard InChI is InChI=1S/C12H16O4/c13-10(14)12(11(15)16)8-6-4-2-1-3-5-7-9-12/h2,4,6,8H,1,3,5,7,9H2,(H,13,14)(H,15,16). The van der Waals surface area contributed by atoms with Gasteiger partial charge in [0.05, 0.1) is 0 Å². The van der Waals surface area contributed by atoms with E-state index >= 15 is 0 Å². The summed E-state index contributed by atoms with van der Waals surface area (Å²) in [5.74, 6) is -2.57. The first-order valence-electron chi connectivity index (χ1n) is 5.41. The van der Waals surface area contributed by atoms with Crippen LogP contribution in [0.4, 0.5) is 0 Å². The average molecular weight is 224 g/mol. The zero-order chi connectivity index (χ0) is 12.0. The first kappa shape index (κ1) is 12.5. The predicted molar refractivity (Wildman–Crippen MR) is 59.1 cm³/mol. The first-order valence-corrected chi connectivity index (χ1v) is 5.41. The molecule has 0 aromatic carbocycles. The van der Waals surface area contributed by atoms with Gasteiger partial charge in [-0.2, -0.15) is 0 Å². The molecule has 0 amide bonds. The molecule has 0 unspecified atom stereocenters. The lowest BCUT2D eigenvalue weighted by molar-refractivity contribution is -0.161. The summed E-state index contributed by atoms with van der Waals surface area (Å²) in [6, 6.07) is 0. The second-order valence-electron chi connectivity index (χ2n) is 3.97. The van der Waals surface area contributed by atoms with E-state index in [1.54, 1.807) is 6.08 Å². The molecule has 0 bridgehead atoms. The zero-order valence-electron chi connectivity index (χ0n) is 9.06. The van der Waals surface area contributed by atoms with Crippen molar-refractivity contribution in [1.29, 1.82) is 0 Å². The maximum atomic E-state index is 11.1. The Morgan fingerprint density at radius 1 is 1.00 bits per heavy atom. The van der Waals surface area contributed by atoms with E-state index in [1.165, 1.54) is 12.2 Å². The second kappa shape index (κ2) is 5.49. The molecule has 1 aliphatic carbocycles. The third kappa shape index (κ3) is 2.72. The molecular formula is C12H16O4. The normalized spacial score (nSPS) is 20.2. The lowest BCUT2D eigenvalue weighted by Gasteiger charge is -2.21. The van der Waals surface area contributed by atoms with Crippen molar-refractivity contribution in [2.24, 2.45) is 5.41 Å². The molecule has 16 heavy (non-hydrogen) atoms. The van der Waals surface area contributed by atoms with Crippen LogP contribution < -0.4 is 0 Å². The Labute approximate surface area is 94.3 Å². The molecule has 1 aliphatic rings. The van der Waals surface area contributed by atoms with Crippen LogP contribution in [0.15, 0.2) is 24.3 Å². The van der Waals surface area contributed by atoms with Crippen LogP contribution in [0.3, 0.4) is 0 Å². The topological polar surface area (TPSA) is 74.6 Å². The minimum atomic E-state index is -1.76. The van der Waals surface area contributed by atoms with Gasteiger partial charge in [-0.15, -0.1) is 0 Å². The fourth-order valence-electron chi connectivity index (χ4n) is 1.77. The molecule has 88 valence electrons. The Bertz CT molecular complexity index is 314. The molecule has 0 aliphatic heterocycles. The summed E-state index contributed by atoms with van der Waals surface area (Å²) in [4.78, 5) is 22.2. The lowest BCUT2D eigenvalue weighted by atomic mass is 9.81. The summed E-state index contributed by atoms with van der Waals surface area (Å²) >= 11 is 0. The Hall–Kier alpha value is -1.58. The summed E-state index contributed by atoms with van der Waals surface area (Å²) in [5, 5.41) is 18.2. The van der Waals surface area contributed by atoms with Gasteiger partial charge >= 0.3 is 11.9 Å². The van der Waals surface area contributed by atoms with E-state index in [-0.39, 0.29) is 6.42 Å². The van der Waals surface area contributed by atoms with Crippen LogP contribution in [0.25, 0.3) is 0 Å². The molecule has 2 N–H and O–H groups in total. The van der Waals surface area contributed by atoms with Crippen LogP contribution in [0.5, 0.6) is 0 Å². The highest BCUT2D eigenvalue weighted by molar-refractivity contribution is 6.00. The van der Waals surface area contributed by atoms with E-state index < -0.39 is 17.4 Å². The van der Waals surface area contributed by atoms with E-state index in [2.05, 4.69) is 0 Å². The van der Waals surface area contributed by atoms with Gasteiger partial charge in [0, 0.05) is 0 Å². The Morgan fingerprint density at radius 3 is 2.31 bits per heavy atom. The zero-order valence-corrected chi connectivity index (χ0v) is 9.06. The Balaban J connectivity index is 3.01. The smallest absolute Gasteiger partial charge is 0.324 e. The van der Waals surface area contributed by atoms with Crippen LogP contribution in [0.1, 0.15) is 32.1 Å². The lowest BCUT2D eigenvalue weighted by Crippen LogP contribution is -2.37. The first-order chi connectivity index (χ1) is 7.59. The van der Waals surface area contributed by atoms with E-state index in [1.807, 2.05) is 6.08 Å². The maximum Gasteiger partial charge on any atom is 0.324 e. The van der Waals surface area contributed by atoms with Gasteiger partial charge < -0.3 is 10.2 Å². The molecule has 4 heteroatoms. The number of carboxylic acid groups (broad SMARTS) is 2. The van der Waals surface area contributed by atoms with Crippen LogP contribution in [0.2, 0.25) is 0 Å². The van der Waals surface area contributed by atoms with Gasteiger partial charge in [-0.05, 0) is 19.3 Å². The monoisotopic (exact) mass is 224 g/mol. The van der Waals surface area contributed by atoms with Crippen molar-refractivity contribution < 1.29 is 19.8 Å². The van der Waals surface area contributed by atoms with Crippen molar-refractivity contribution in [3.05, 3.63) is 24.3 Å². The molecule has 0 saturated carbocycles. The van der Waals surface area contributed by atoms with E-state index in [0.717, 1.165) is 19.3 Å². The molecule has 0 aromatic rings. The SMILES string of the molecule is O=C(O)C1(C(=O)O)C=CC=CCCCCC1. The third-order valence-corrected chi connectivity index (χ3v) is 2.83. The average Bonchev–Trinajstić information content (AvgIpc) is 2.24. The largest absolute Gasteiger partial charge is 0.480 e. The number of rotatable bonds is 2. The van der Waals surface area contributed by atoms with Crippen LogP contribution in [0, 0.1) is 5.41 Å². The van der Waals surface area contributed by atoms with Gasteiger partial charge in [0.2, 0.25) is 0 Å². The van der Waals surface area contributed by atoms with Crippen LogP contribution in [-0.2, 0) is 9.59 Å². The second-order valence-corrected chi connectivity index (χ2v) is 3.97. The minimum Gasteiger partial charge on any atom is -0.480 e. The predicted octanol–water partition coefficient (Wildman–Crippen LogP) is 2.22. The van der Waals surface area contributed by atoms with Gasteiger partial charge in [-0.1, -0.05) is 37.1 Å². The molecule has 1 rings (SSSR count). The highest BCUT2D eigenvalue weighted by Crippen LogP contribution is 2.29. The van der Waals surface area contributed by atoms with Gasteiger partial charge in [-0.25, -0.2) is 0 Å². The maximum absolute atomic E-state index is 11.1. The summed E-state index contributed by atoms with van der Waals surface area (Å²) in [6.07, 6.45) is 10.0. The molecule has 0 aromatic heterocycles. The van der Waals surface area contributed by atoms with Crippen molar-refractivity contribution in [3.8, 4) is 0 Å². The molecule has 0 radical (unpaired) electrons. The third-order valence-electron chi connectivity index (χ3n) is 2.83. The molecular weight excluding hydrogens is 208 g/mol. The quantitative estimate of drug-likeness (QED) is 0.705. The van der Waals surface area contributed by atoms with Gasteiger partial charge in [0.25, 0.3) is 0 Å². The number of carbonyl (C=O) groups is 2. The minimum absolute atomic E-state index is 0.155. The molecule has 0 atom stereocenters. The summed E-state index contributed by atoms with van der Waals surface area (Å²) in [6.45, 7) is 0. The molecule has 0 saturated heterocycles. The fraction of sp³-hybridized carbons (Fsp3) is 0.500. The molecule has 0 heterocycles. The highest BCUT2D eigenvalue weighted by Gasteiger charge is 2.43. The van der Waals surface area contributed by atoms with Crippen molar-refractivity contribution in [1.82, 2.24) is 0 Å². The van der Waals surface area contributed by atoms with Crippen LogP contribution >= 0.6 is 0 Å². The number of aliphatic carboxylic acids is 2. The number of hydrogen-bond donors (Lipinski definition) is 2. The van der Waals surface area contributed by atoms with Crippen molar-refractivity contribution in [3.63, 3.8) is 0 Å². The molecule has 0 fully saturated rings. The van der Waals surface area contributed by atoms with Crippen molar-refractivity contribution in [2.75, 3.05) is 0 Å². The van der Waals surface area contributed by atoms with Crippen molar-refractivity contribution in [2.45, 2.75) is 32.1 Å². The molecule has 0 spiro atoms. The van der Waals surface area contributed by atoms with Gasteiger partial charge in [0.1, 0.15) is 0 Å². The summed E-state index contributed by atoms with van der Waals surface area (Å²) < 4.78 is 0. The van der Waals surface area contributed by atoms with E-state index in [0.29, 0.717) is 6.42 Å². The Kier molecular flexibility index (Phi) is 4.28. The van der Waals surface area contributed by atoms with Crippen molar-refractivity contribution >= 4 is 11.9 Å². The van der Waals surface area contributed by atoms with E-state index in [9.17, 15) is 9.59 Å².